The van der Waals surface area contributed by atoms with Gasteiger partial charge in [-0.05, 0) is 36.0 Å². The molecule has 1 amide bonds. The predicted molar refractivity (Wildman–Crippen MR) is 102 cm³/mol. The van der Waals surface area contributed by atoms with Gasteiger partial charge in [0.15, 0.2) is 0 Å². The molecule has 0 aliphatic carbocycles. The lowest BCUT2D eigenvalue weighted by atomic mass is 9.88. The summed E-state index contributed by atoms with van der Waals surface area (Å²) in [5.41, 5.74) is 9.60. The van der Waals surface area contributed by atoms with Gasteiger partial charge in [0.05, 0.1) is 12.0 Å². The summed E-state index contributed by atoms with van der Waals surface area (Å²) in [6.07, 6.45) is 1.65. The molecule has 2 N–H and O–H groups in total. The molecule has 1 unspecified atom stereocenters. The smallest absolute Gasteiger partial charge is 0.339 e. The third-order valence-electron chi connectivity index (χ3n) is 5.64. The van der Waals surface area contributed by atoms with Gasteiger partial charge in [-0.1, -0.05) is 42.5 Å². The van der Waals surface area contributed by atoms with Crippen LogP contribution in [0.3, 0.4) is 0 Å². The lowest BCUT2D eigenvalue weighted by molar-refractivity contribution is -0.134. The average molecular weight is 364 g/mol. The molecular weight excluding hydrogens is 340 g/mol. The van der Waals surface area contributed by atoms with Gasteiger partial charge in [0, 0.05) is 25.2 Å². The molecule has 2 aromatic carbocycles. The van der Waals surface area contributed by atoms with Crippen molar-refractivity contribution in [3.8, 4) is 0 Å². The molecule has 4 rings (SSSR count). The van der Waals surface area contributed by atoms with Gasteiger partial charge in [-0.25, -0.2) is 4.79 Å². The fourth-order valence-electron chi connectivity index (χ4n) is 4.10. The van der Waals surface area contributed by atoms with E-state index in [2.05, 4.69) is 18.2 Å². The Morgan fingerprint density at radius 1 is 1.11 bits per heavy atom. The maximum Gasteiger partial charge on any atom is 0.339 e. The molecule has 2 aliphatic rings. The second-order valence-electron chi connectivity index (χ2n) is 7.29. The Hall–Kier alpha value is -2.66. The highest BCUT2D eigenvalue weighted by Crippen LogP contribution is 2.34. The van der Waals surface area contributed by atoms with Crippen LogP contribution in [0.4, 0.5) is 0 Å². The number of fused-ring (bicyclic) bond motifs is 1. The lowest BCUT2D eigenvalue weighted by Gasteiger charge is -2.33. The molecule has 2 aromatic rings. The van der Waals surface area contributed by atoms with Crippen molar-refractivity contribution in [2.45, 2.75) is 37.8 Å². The Balaban J connectivity index is 1.36. The Labute approximate surface area is 159 Å². The van der Waals surface area contributed by atoms with Crippen LogP contribution in [0.1, 0.15) is 58.3 Å². The minimum atomic E-state index is -0.458. The molecule has 0 spiro atoms. The topological polar surface area (TPSA) is 72.6 Å². The van der Waals surface area contributed by atoms with Gasteiger partial charge in [-0.15, -0.1) is 0 Å². The van der Waals surface area contributed by atoms with Crippen LogP contribution in [0.25, 0.3) is 0 Å². The first-order valence-electron chi connectivity index (χ1n) is 9.52. The zero-order chi connectivity index (χ0) is 18.8. The second kappa shape index (κ2) is 7.53. The van der Waals surface area contributed by atoms with Crippen molar-refractivity contribution >= 4 is 11.9 Å². The number of esters is 1. The Morgan fingerprint density at radius 2 is 1.89 bits per heavy atom. The summed E-state index contributed by atoms with van der Waals surface area (Å²) in [6.45, 7) is 2.02. The average Bonchev–Trinajstić information content (AvgIpc) is 3.04. The number of carbonyl (C=O) groups is 2. The van der Waals surface area contributed by atoms with Gasteiger partial charge < -0.3 is 15.4 Å². The molecule has 0 bridgehead atoms. The minimum Gasteiger partial charge on any atom is -0.453 e. The number of cyclic esters (lactones) is 1. The molecule has 27 heavy (non-hydrogen) atoms. The molecule has 5 nitrogen and oxygen atoms in total. The monoisotopic (exact) mass is 364 g/mol. The standard InChI is InChI=1S/C22H24N2O3/c23-14-15-4-3-5-17(12-15)16-8-10-24(11-9-16)21(25)13-20-18-6-1-2-7-19(18)22(26)27-20/h1-7,12,16,20H,8-11,13-14,23H2. The maximum atomic E-state index is 12.7. The van der Waals surface area contributed by atoms with E-state index in [9.17, 15) is 9.59 Å². The number of benzene rings is 2. The van der Waals surface area contributed by atoms with E-state index in [4.69, 9.17) is 10.5 Å². The van der Waals surface area contributed by atoms with Gasteiger partial charge in [-0.2, -0.15) is 0 Å². The number of likely N-dealkylation sites (tertiary alicyclic amines) is 1. The van der Waals surface area contributed by atoms with E-state index >= 15 is 0 Å². The van der Waals surface area contributed by atoms with Gasteiger partial charge in [0.1, 0.15) is 6.10 Å². The highest BCUT2D eigenvalue weighted by Gasteiger charge is 2.34. The van der Waals surface area contributed by atoms with E-state index in [1.54, 1.807) is 6.07 Å². The van der Waals surface area contributed by atoms with Crippen LogP contribution in [-0.2, 0) is 16.1 Å². The van der Waals surface area contributed by atoms with Crippen LogP contribution in [0.2, 0.25) is 0 Å². The summed E-state index contributed by atoms with van der Waals surface area (Å²) in [6, 6.07) is 15.7. The van der Waals surface area contributed by atoms with Crippen molar-refractivity contribution in [1.29, 1.82) is 0 Å². The van der Waals surface area contributed by atoms with Crippen LogP contribution in [0.5, 0.6) is 0 Å². The van der Waals surface area contributed by atoms with E-state index in [0.717, 1.165) is 37.1 Å². The van der Waals surface area contributed by atoms with E-state index < -0.39 is 6.10 Å². The van der Waals surface area contributed by atoms with Crippen molar-refractivity contribution in [3.63, 3.8) is 0 Å². The van der Waals surface area contributed by atoms with Gasteiger partial charge in [0.2, 0.25) is 5.91 Å². The van der Waals surface area contributed by atoms with Gasteiger partial charge >= 0.3 is 5.97 Å². The number of ether oxygens (including phenoxy) is 1. The summed E-state index contributed by atoms with van der Waals surface area (Å²) in [5, 5.41) is 0. The SMILES string of the molecule is NCc1cccc(C2CCN(C(=O)CC3OC(=O)c4ccccc43)CC2)c1. The fourth-order valence-corrected chi connectivity index (χ4v) is 4.10. The lowest BCUT2D eigenvalue weighted by Crippen LogP contribution is -2.38. The van der Waals surface area contributed by atoms with E-state index in [1.807, 2.05) is 29.2 Å². The number of piperidine rings is 1. The number of nitrogens with two attached hydrogens (primary N) is 1. The van der Waals surface area contributed by atoms with Crippen LogP contribution >= 0.6 is 0 Å². The third-order valence-corrected chi connectivity index (χ3v) is 5.64. The molecule has 1 saturated heterocycles. The predicted octanol–water partition coefficient (Wildman–Crippen LogP) is 3.15. The number of hydrogen-bond acceptors (Lipinski definition) is 4. The Morgan fingerprint density at radius 3 is 2.67 bits per heavy atom. The molecule has 2 aliphatic heterocycles. The van der Waals surface area contributed by atoms with E-state index in [0.29, 0.717) is 18.0 Å². The largest absolute Gasteiger partial charge is 0.453 e. The summed E-state index contributed by atoms with van der Waals surface area (Å²) in [5.74, 6) is 0.186. The number of rotatable bonds is 4. The summed E-state index contributed by atoms with van der Waals surface area (Å²) >= 11 is 0. The van der Waals surface area contributed by atoms with Crippen molar-refractivity contribution < 1.29 is 14.3 Å². The molecule has 1 atom stereocenters. The quantitative estimate of drug-likeness (QED) is 0.846. The summed E-state index contributed by atoms with van der Waals surface area (Å²) < 4.78 is 5.41. The fraction of sp³-hybridized carbons (Fsp3) is 0.364. The molecule has 0 radical (unpaired) electrons. The first-order valence-corrected chi connectivity index (χ1v) is 9.52. The molecule has 2 heterocycles. The molecular formula is C22H24N2O3. The second-order valence-corrected chi connectivity index (χ2v) is 7.29. The van der Waals surface area contributed by atoms with Crippen molar-refractivity contribution in [2.24, 2.45) is 5.73 Å². The van der Waals surface area contributed by atoms with Crippen molar-refractivity contribution in [1.82, 2.24) is 4.90 Å². The molecule has 0 saturated carbocycles. The Bertz CT molecular complexity index is 856. The molecule has 140 valence electrons. The zero-order valence-corrected chi connectivity index (χ0v) is 15.3. The van der Waals surface area contributed by atoms with Crippen LogP contribution in [0.15, 0.2) is 48.5 Å². The van der Waals surface area contributed by atoms with Crippen LogP contribution < -0.4 is 5.73 Å². The van der Waals surface area contributed by atoms with Crippen molar-refractivity contribution in [2.75, 3.05) is 13.1 Å². The summed E-state index contributed by atoms with van der Waals surface area (Å²) in [4.78, 5) is 26.6. The first kappa shape index (κ1) is 17.7. The first-order chi connectivity index (χ1) is 13.2. The Kier molecular flexibility index (Phi) is 4.94. The minimum absolute atomic E-state index is 0.0543. The number of hydrogen-bond donors (Lipinski definition) is 1. The van der Waals surface area contributed by atoms with Crippen LogP contribution in [-0.4, -0.2) is 29.9 Å². The molecule has 5 heteroatoms. The van der Waals surface area contributed by atoms with Crippen molar-refractivity contribution in [3.05, 3.63) is 70.8 Å². The van der Waals surface area contributed by atoms with E-state index in [1.165, 1.54) is 5.56 Å². The number of nitrogens with zero attached hydrogens (tertiary/aromatic N) is 1. The highest BCUT2D eigenvalue weighted by atomic mass is 16.5. The zero-order valence-electron chi connectivity index (χ0n) is 15.3. The number of carbonyl (C=O) groups excluding carboxylic acids is 2. The summed E-state index contributed by atoms with van der Waals surface area (Å²) in [7, 11) is 0. The highest BCUT2D eigenvalue weighted by molar-refractivity contribution is 5.94. The van der Waals surface area contributed by atoms with Gasteiger partial charge in [-0.3, -0.25) is 4.79 Å². The third kappa shape index (κ3) is 3.60. The van der Waals surface area contributed by atoms with Gasteiger partial charge in [0.25, 0.3) is 0 Å². The van der Waals surface area contributed by atoms with Crippen LogP contribution in [0, 0.1) is 0 Å². The van der Waals surface area contributed by atoms with E-state index in [-0.39, 0.29) is 18.3 Å². The molecule has 0 aromatic heterocycles. The molecule has 1 fully saturated rings. The number of amides is 1. The normalized spacial score (nSPS) is 19.7. The maximum absolute atomic E-state index is 12.7.